The summed E-state index contributed by atoms with van der Waals surface area (Å²) < 4.78 is 0. The first-order valence-corrected chi connectivity index (χ1v) is 8.53. The van der Waals surface area contributed by atoms with E-state index in [-0.39, 0.29) is 18.0 Å². The lowest BCUT2D eigenvalue weighted by Crippen LogP contribution is -2.24. The number of nitrogens with zero attached hydrogens (tertiary/aromatic N) is 2. The van der Waals surface area contributed by atoms with Gasteiger partial charge in [0.1, 0.15) is 0 Å². The number of benzene rings is 1. The normalized spacial score (nSPS) is 10.6. The number of hydrogen-bond donors (Lipinski definition) is 2. The maximum atomic E-state index is 12.4. The van der Waals surface area contributed by atoms with Crippen LogP contribution < -0.4 is 5.32 Å². The van der Waals surface area contributed by atoms with Crippen molar-refractivity contribution >= 4 is 28.5 Å². The van der Waals surface area contributed by atoms with E-state index in [2.05, 4.69) is 10.3 Å². The molecule has 1 amide bonds. The molecule has 0 unspecified atom stereocenters. The van der Waals surface area contributed by atoms with Gasteiger partial charge in [-0.3, -0.25) is 24.7 Å². The summed E-state index contributed by atoms with van der Waals surface area (Å²) >= 11 is 0. The van der Waals surface area contributed by atoms with Gasteiger partial charge in [-0.1, -0.05) is 19.3 Å². The topological polar surface area (TPSA) is 122 Å². The van der Waals surface area contributed by atoms with Crippen LogP contribution in [-0.2, 0) is 4.79 Å². The number of hydrogen-bond acceptors (Lipinski definition) is 5. The van der Waals surface area contributed by atoms with Crippen molar-refractivity contribution in [3.05, 3.63) is 46.1 Å². The van der Waals surface area contributed by atoms with Gasteiger partial charge in [0.15, 0.2) is 0 Å². The molecule has 138 valence electrons. The van der Waals surface area contributed by atoms with Crippen LogP contribution in [0.2, 0.25) is 0 Å². The average molecular weight is 359 g/mol. The number of aromatic nitrogens is 1. The summed E-state index contributed by atoms with van der Waals surface area (Å²) in [6.45, 7) is 0.489. The molecule has 1 aromatic heterocycles. The summed E-state index contributed by atoms with van der Waals surface area (Å²) in [4.78, 5) is 37.5. The van der Waals surface area contributed by atoms with Gasteiger partial charge >= 0.3 is 5.97 Å². The second-order valence-corrected chi connectivity index (χ2v) is 5.96. The van der Waals surface area contributed by atoms with Gasteiger partial charge in [0, 0.05) is 25.2 Å². The molecule has 2 rings (SSSR count). The van der Waals surface area contributed by atoms with E-state index >= 15 is 0 Å². The first-order valence-electron chi connectivity index (χ1n) is 8.53. The van der Waals surface area contributed by atoms with Crippen molar-refractivity contribution in [2.75, 3.05) is 6.54 Å². The van der Waals surface area contributed by atoms with Crippen molar-refractivity contribution in [2.24, 2.45) is 0 Å². The summed E-state index contributed by atoms with van der Waals surface area (Å²) in [6, 6.07) is 5.92. The lowest BCUT2D eigenvalue weighted by molar-refractivity contribution is -0.383. The molecule has 0 aliphatic rings. The van der Waals surface area contributed by atoms with Crippen LogP contribution in [0.5, 0.6) is 0 Å². The van der Waals surface area contributed by atoms with E-state index in [9.17, 15) is 19.7 Å². The van der Waals surface area contributed by atoms with Crippen molar-refractivity contribution in [1.82, 2.24) is 10.3 Å². The van der Waals surface area contributed by atoms with Gasteiger partial charge in [-0.2, -0.15) is 0 Å². The zero-order valence-electron chi connectivity index (χ0n) is 14.3. The zero-order chi connectivity index (χ0) is 18.9. The van der Waals surface area contributed by atoms with E-state index in [0.717, 1.165) is 25.7 Å². The molecule has 1 aromatic carbocycles. The average Bonchev–Trinajstić information content (AvgIpc) is 2.62. The van der Waals surface area contributed by atoms with Gasteiger partial charge in [-0.15, -0.1) is 0 Å². The van der Waals surface area contributed by atoms with E-state index < -0.39 is 10.9 Å². The standard InChI is InChI=1S/C18H21N3O5/c22-16(23)8-4-2-1-3-5-11-20-18(24)14-9-10-15(21(25)26)13-7-6-12-19-17(13)14/h6-7,9-10,12H,1-5,8,11H2,(H,20,24)(H,22,23). The number of nitro benzene ring substituents is 1. The first kappa shape index (κ1) is 19.3. The van der Waals surface area contributed by atoms with Crippen LogP contribution in [0.4, 0.5) is 5.69 Å². The minimum Gasteiger partial charge on any atom is -0.481 e. The number of pyridine rings is 1. The predicted molar refractivity (Wildman–Crippen MR) is 96.1 cm³/mol. The number of non-ortho nitro benzene ring substituents is 1. The number of unbranched alkanes of at least 4 members (excludes halogenated alkanes) is 4. The third-order valence-corrected chi connectivity index (χ3v) is 4.04. The maximum absolute atomic E-state index is 12.4. The highest BCUT2D eigenvalue weighted by Crippen LogP contribution is 2.26. The molecule has 8 nitrogen and oxygen atoms in total. The van der Waals surface area contributed by atoms with Crippen LogP contribution in [0.1, 0.15) is 48.9 Å². The molecule has 8 heteroatoms. The van der Waals surface area contributed by atoms with Gasteiger partial charge < -0.3 is 10.4 Å². The Morgan fingerprint density at radius 3 is 2.58 bits per heavy atom. The number of rotatable bonds is 10. The second kappa shape index (κ2) is 9.45. The third-order valence-electron chi connectivity index (χ3n) is 4.04. The van der Waals surface area contributed by atoms with Crippen molar-refractivity contribution < 1.29 is 19.6 Å². The molecular formula is C18H21N3O5. The highest BCUT2D eigenvalue weighted by atomic mass is 16.6. The number of amides is 1. The molecule has 0 aliphatic heterocycles. The van der Waals surface area contributed by atoms with Crippen LogP contribution in [0, 0.1) is 10.1 Å². The number of carboxylic acid groups (broad SMARTS) is 1. The van der Waals surface area contributed by atoms with E-state index in [1.165, 1.54) is 18.3 Å². The van der Waals surface area contributed by atoms with Crippen molar-refractivity contribution in [2.45, 2.75) is 38.5 Å². The summed E-state index contributed by atoms with van der Waals surface area (Å²) in [7, 11) is 0. The van der Waals surface area contributed by atoms with Crippen molar-refractivity contribution in [1.29, 1.82) is 0 Å². The number of carboxylic acids is 1. The maximum Gasteiger partial charge on any atom is 0.303 e. The highest BCUT2D eigenvalue weighted by molar-refractivity contribution is 6.07. The Morgan fingerprint density at radius 2 is 1.85 bits per heavy atom. The Hall–Kier alpha value is -3.03. The van der Waals surface area contributed by atoms with Crippen molar-refractivity contribution in [3.8, 4) is 0 Å². The van der Waals surface area contributed by atoms with E-state index in [1.54, 1.807) is 12.1 Å². The molecule has 2 N–H and O–H groups in total. The Kier molecular flexibility index (Phi) is 7.02. The fourth-order valence-corrected chi connectivity index (χ4v) is 2.73. The van der Waals surface area contributed by atoms with Crippen molar-refractivity contribution in [3.63, 3.8) is 0 Å². The molecule has 0 spiro atoms. The molecule has 0 radical (unpaired) electrons. The Morgan fingerprint density at radius 1 is 1.12 bits per heavy atom. The van der Waals surface area contributed by atoms with Gasteiger partial charge in [-0.25, -0.2) is 0 Å². The number of nitro groups is 1. The quantitative estimate of drug-likeness (QED) is 0.381. The second-order valence-electron chi connectivity index (χ2n) is 5.96. The monoisotopic (exact) mass is 359 g/mol. The fourth-order valence-electron chi connectivity index (χ4n) is 2.73. The lowest BCUT2D eigenvalue weighted by atomic mass is 10.1. The zero-order valence-corrected chi connectivity index (χ0v) is 14.3. The molecule has 0 aliphatic carbocycles. The molecular weight excluding hydrogens is 338 g/mol. The minimum absolute atomic E-state index is 0.0778. The highest BCUT2D eigenvalue weighted by Gasteiger charge is 2.18. The molecule has 0 fully saturated rings. The number of carbonyl (C=O) groups excluding carboxylic acids is 1. The molecule has 0 bridgehead atoms. The fraction of sp³-hybridized carbons (Fsp3) is 0.389. The van der Waals surface area contributed by atoms with Gasteiger partial charge in [0.05, 0.1) is 21.4 Å². The molecule has 0 saturated heterocycles. The third kappa shape index (κ3) is 5.23. The Labute approximate surface area is 150 Å². The Bertz CT molecular complexity index is 807. The first-order chi connectivity index (χ1) is 12.5. The SMILES string of the molecule is O=C(O)CCCCCCCNC(=O)c1ccc([N+](=O)[O-])c2cccnc12. The van der Waals surface area contributed by atoms with Crippen LogP contribution >= 0.6 is 0 Å². The van der Waals surface area contributed by atoms with E-state index in [4.69, 9.17) is 5.11 Å². The van der Waals surface area contributed by atoms with Gasteiger partial charge in [0.2, 0.25) is 0 Å². The van der Waals surface area contributed by atoms with Crippen LogP contribution in [-0.4, -0.2) is 33.4 Å². The largest absolute Gasteiger partial charge is 0.481 e. The molecule has 0 saturated carbocycles. The molecule has 2 aromatic rings. The lowest BCUT2D eigenvalue weighted by Gasteiger charge is -2.08. The molecule has 26 heavy (non-hydrogen) atoms. The van der Waals surface area contributed by atoms with Crippen LogP contribution in [0.15, 0.2) is 30.5 Å². The smallest absolute Gasteiger partial charge is 0.303 e. The van der Waals surface area contributed by atoms with Crippen LogP contribution in [0.3, 0.4) is 0 Å². The van der Waals surface area contributed by atoms with Gasteiger partial charge in [0.25, 0.3) is 11.6 Å². The summed E-state index contributed by atoms with van der Waals surface area (Å²) in [5, 5.41) is 22.8. The number of fused-ring (bicyclic) bond motifs is 1. The summed E-state index contributed by atoms with van der Waals surface area (Å²) in [5.41, 5.74) is 0.548. The summed E-state index contributed by atoms with van der Waals surface area (Å²) in [6.07, 6.45) is 5.83. The predicted octanol–water partition coefficient (Wildman–Crippen LogP) is 3.30. The van der Waals surface area contributed by atoms with Crippen LogP contribution in [0.25, 0.3) is 10.9 Å². The Balaban J connectivity index is 1.87. The van der Waals surface area contributed by atoms with E-state index in [0.29, 0.717) is 29.4 Å². The summed E-state index contributed by atoms with van der Waals surface area (Å²) in [5.74, 6) is -1.09. The molecule has 1 heterocycles. The molecule has 0 atom stereocenters. The van der Waals surface area contributed by atoms with E-state index in [1.807, 2.05) is 0 Å². The minimum atomic E-state index is -0.777. The number of aliphatic carboxylic acids is 1. The number of carbonyl (C=O) groups is 2. The van der Waals surface area contributed by atoms with Gasteiger partial charge in [-0.05, 0) is 31.0 Å². The number of nitrogens with one attached hydrogen (secondary N) is 1.